The fourth-order valence-corrected chi connectivity index (χ4v) is 3.11. The number of methoxy groups -OCH3 is 1. The zero-order chi connectivity index (χ0) is 16.8. The maximum atomic E-state index is 12.1. The summed E-state index contributed by atoms with van der Waals surface area (Å²) in [6, 6.07) is 7.85. The smallest absolute Gasteiger partial charge is 0.319 e. The molecule has 24 heavy (non-hydrogen) atoms. The summed E-state index contributed by atoms with van der Waals surface area (Å²) in [6.45, 7) is 2.59. The second kappa shape index (κ2) is 7.83. The summed E-state index contributed by atoms with van der Waals surface area (Å²) < 4.78 is 5.51. The molecule has 0 aliphatic carbocycles. The van der Waals surface area contributed by atoms with Crippen molar-refractivity contribution in [2.75, 3.05) is 32.1 Å². The Kier molecular flexibility index (Phi) is 5.32. The Morgan fingerprint density at radius 3 is 2.88 bits per heavy atom. The summed E-state index contributed by atoms with van der Waals surface area (Å²) in [6.07, 6.45) is 5.58. The number of amides is 2. The lowest BCUT2D eigenvalue weighted by atomic mass is 10.0. The van der Waals surface area contributed by atoms with Crippen molar-refractivity contribution in [3.8, 4) is 5.75 Å². The molecule has 0 spiro atoms. The topological polar surface area (TPSA) is 82.3 Å². The number of ether oxygens (including phenoxy) is 1. The summed E-state index contributed by atoms with van der Waals surface area (Å²) in [7, 11) is 1.68. The highest BCUT2D eigenvalue weighted by atomic mass is 16.5. The number of urea groups is 1. The number of para-hydroxylation sites is 1. The van der Waals surface area contributed by atoms with E-state index >= 15 is 0 Å². The minimum absolute atomic E-state index is 0.0961. The third kappa shape index (κ3) is 3.86. The van der Waals surface area contributed by atoms with E-state index in [0.29, 0.717) is 12.2 Å². The van der Waals surface area contributed by atoms with Gasteiger partial charge in [-0.15, -0.1) is 0 Å². The highest BCUT2D eigenvalue weighted by molar-refractivity contribution is 5.88. The van der Waals surface area contributed by atoms with Crippen molar-refractivity contribution in [1.29, 1.82) is 0 Å². The number of H-pyrrole nitrogens is 1. The lowest BCUT2D eigenvalue weighted by Crippen LogP contribution is -2.38. The first-order valence-corrected chi connectivity index (χ1v) is 8.18. The number of likely N-dealkylation sites (tertiary alicyclic amines) is 1. The van der Waals surface area contributed by atoms with Crippen LogP contribution in [0.25, 0.3) is 0 Å². The lowest BCUT2D eigenvalue weighted by molar-refractivity contribution is 0.224. The molecule has 1 atom stereocenters. The van der Waals surface area contributed by atoms with Gasteiger partial charge in [-0.3, -0.25) is 10.00 Å². The van der Waals surface area contributed by atoms with E-state index in [4.69, 9.17) is 4.74 Å². The van der Waals surface area contributed by atoms with E-state index in [1.54, 1.807) is 19.5 Å². The third-order valence-corrected chi connectivity index (χ3v) is 4.29. The highest BCUT2D eigenvalue weighted by Crippen LogP contribution is 2.31. The van der Waals surface area contributed by atoms with Gasteiger partial charge in [0.15, 0.2) is 0 Å². The molecule has 2 amide bonds. The molecule has 3 rings (SSSR count). The van der Waals surface area contributed by atoms with Gasteiger partial charge in [-0.1, -0.05) is 18.2 Å². The first kappa shape index (κ1) is 16.3. The molecular formula is C17H23N5O2. The number of carbonyl (C=O) groups is 1. The van der Waals surface area contributed by atoms with E-state index in [2.05, 4.69) is 31.8 Å². The molecule has 7 nitrogen and oxygen atoms in total. The predicted molar refractivity (Wildman–Crippen MR) is 92.2 cm³/mol. The van der Waals surface area contributed by atoms with Gasteiger partial charge in [-0.2, -0.15) is 5.10 Å². The summed E-state index contributed by atoms with van der Waals surface area (Å²) >= 11 is 0. The van der Waals surface area contributed by atoms with E-state index in [1.165, 1.54) is 12.8 Å². The second-order valence-electron chi connectivity index (χ2n) is 5.82. The minimum Gasteiger partial charge on any atom is -0.496 e. The van der Waals surface area contributed by atoms with Crippen LogP contribution in [0.15, 0.2) is 36.7 Å². The Hall–Kier alpha value is -2.54. The number of carbonyl (C=O) groups excluding carboxylic acids is 1. The summed E-state index contributed by atoms with van der Waals surface area (Å²) in [4.78, 5) is 14.5. The number of aromatic amines is 1. The van der Waals surface area contributed by atoms with Gasteiger partial charge in [-0.05, 0) is 32.0 Å². The SMILES string of the molecule is COc1ccccc1[C@@H](CNC(=O)Nc1cn[nH]c1)N1CCCC1. The average Bonchev–Trinajstić information content (AvgIpc) is 3.29. The van der Waals surface area contributed by atoms with Crippen LogP contribution in [0, 0.1) is 0 Å². The van der Waals surface area contributed by atoms with Crippen LogP contribution < -0.4 is 15.4 Å². The molecule has 1 aliphatic rings. The van der Waals surface area contributed by atoms with E-state index < -0.39 is 0 Å². The van der Waals surface area contributed by atoms with Gasteiger partial charge >= 0.3 is 6.03 Å². The quantitative estimate of drug-likeness (QED) is 0.760. The van der Waals surface area contributed by atoms with Crippen molar-refractivity contribution in [2.24, 2.45) is 0 Å². The number of rotatable bonds is 6. The predicted octanol–water partition coefficient (Wildman–Crippen LogP) is 2.38. The van der Waals surface area contributed by atoms with E-state index in [9.17, 15) is 4.79 Å². The van der Waals surface area contributed by atoms with Crippen molar-refractivity contribution in [2.45, 2.75) is 18.9 Å². The fourth-order valence-electron chi connectivity index (χ4n) is 3.11. The largest absolute Gasteiger partial charge is 0.496 e. The van der Waals surface area contributed by atoms with Gasteiger partial charge in [0.25, 0.3) is 0 Å². The number of hydrogen-bond donors (Lipinski definition) is 3. The second-order valence-corrected chi connectivity index (χ2v) is 5.82. The van der Waals surface area contributed by atoms with Crippen LogP contribution in [0.2, 0.25) is 0 Å². The third-order valence-electron chi connectivity index (χ3n) is 4.29. The first-order chi connectivity index (χ1) is 11.8. The number of anilines is 1. The van der Waals surface area contributed by atoms with Crippen LogP contribution >= 0.6 is 0 Å². The van der Waals surface area contributed by atoms with Crippen molar-refractivity contribution in [1.82, 2.24) is 20.4 Å². The van der Waals surface area contributed by atoms with Gasteiger partial charge < -0.3 is 15.4 Å². The fraction of sp³-hybridized carbons (Fsp3) is 0.412. The number of hydrogen-bond acceptors (Lipinski definition) is 4. The average molecular weight is 329 g/mol. The molecule has 1 aliphatic heterocycles. The Labute approximate surface area is 141 Å². The Morgan fingerprint density at radius 1 is 1.38 bits per heavy atom. The Balaban J connectivity index is 1.69. The summed E-state index contributed by atoms with van der Waals surface area (Å²) in [5, 5.41) is 12.2. The molecular weight excluding hydrogens is 306 g/mol. The molecule has 2 heterocycles. The number of nitrogens with zero attached hydrogens (tertiary/aromatic N) is 2. The zero-order valence-electron chi connectivity index (χ0n) is 13.8. The lowest BCUT2D eigenvalue weighted by Gasteiger charge is -2.29. The van der Waals surface area contributed by atoms with E-state index in [0.717, 1.165) is 24.4 Å². The van der Waals surface area contributed by atoms with Crippen molar-refractivity contribution < 1.29 is 9.53 Å². The van der Waals surface area contributed by atoms with Crippen LogP contribution in [0.5, 0.6) is 5.75 Å². The van der Waals surface area contributed by atoms with E-state index in [-0.39, 0.29) is 12.1 Å². The number of benzene rings is 1. The van der Waals surface area contributed by atoms with Crippen LogP contribution in [0.4, 0.5) is 10.5 Å². The van der Waals surface area contributed by atoms with Crippen molar-refractivity contribution in [3.05, 3.63) is 42.2 Å². The van der Waals surface area contributed by atoms with Crippen LogP contribution in [-0.4, -0.2) is 47.9 Å². The minimum atomic E-state index is -0.240. The van der Waals surface area contributed by atoms with Gasteiger partial charge in [0.05, 0.1) is 25.0 Å². The molecule has 1 fully saturated rings. The maximum absolute atomic E-state index is 12.1. The highest BCUT2D eigenvalue weighted by Gasteiger charge is 2.26. The standard InChI is InChI=1S/C17H23N5O2/c1-24-16-7-3-2-6-14(16)15(22-8-4-5-9-22)12-18-17(23)21-13-10-19-20-11-13/h2-3,6-7,10-11,15H,4-5,8-9,12H2,1H3,(H,19,20)(H2,18,21,23)/t15-/m1/s1. The van der Waals surface area contributed by atoms with Crippen molar-refractivity contribution in [3.63, 3.8) is 0 Å². The molecule has 2 aromatic rings. The summed E-state index contributed by atoms with van der Waals surface area (Å²) in [5.74, 6) is 0.853. The van der Waals surface area contributed by atoms with Gasteiger partial charge in [0.2, 0.25) is 0 Å². The molecule has 1 aromatic carbocycles. The first-order valence-electron chi connectivity index (χ1n) is 8.18. The molecule has 0 saturated carbocycles. The molecule has 0 bridgehead atoms. The monoisotopic (exact) mass is 329 g/mol. The molecule has 0 radical (unpaired) electrons. The van der Waals surface area contributed by atoms with Crippen molar-refractivity contribution >= 4 is 11.7 Å². The Morgan fingerprint density at radius 2 is 2.17 bits per heavy atom. The van der Waals surface area contributed by atoms with E-state index in [1.807, 2.05) is 18.2 Å². The number of nitrogens with one attached hydrogen (secondary N) is 3. The van der Waals surface area contributed by atoms with Crippen LogP contribution in [-0.2, 0) is 0 Å². The molecule has 1 aromatic heterocycles. The zero-order valence-corrected chi connectivity index (χ0v) is 13.8. The molecule has 1 saturated heterocycles. The van der Waals surface area contributed by atoms with Crippen LogP contribution in [0.1, 0.15) is 24.4 Å². The molecule has 7 heteroatoms. The molecule has 0 unspecified atom stereocenters. The van der Waals surface area contributed by atoms with Gasteiger partial charge in [0, 0.05) is 18.3 Å². The van der Waals surface area contributed by atoms with Crippen LogP contribution in [0.3, 0.4) is 0 Å². The van der Waals surface area contributed by atoms with Gasteiger partial charge in [-0.25, -0.2) is 4.79 Å². The van der Waals surface area contributed by atoms with Gasteiger partial charge in [0.1, 0.15) is 5.75 Å². The maximum Gasteiger partial charge on any atom is 0.319 e. The normalized spacial score (nSPS) is 15.9. The molecule has 128 valence electrons. The molecule has 3 N–H and O–H groups in total. The Bertz CT molecular complexity index is 653. The number of aromatic nitrogens is 2. The summed E-state index contributed by atoms with van der Waals surface area (Å²) in [5.41, 5.74) is 1.74.